The second-order valence-electron chi connectivity index (χ2n) is 4.25. The zero-order valence-corrected chi connectivity index (χ0v) is 12.5. The third-order valence-corrected chi connectivity index (χ3v) is 3.63. The Morgan fingerprint density at radius 1 is 1.24 bits per heavy atom. The van der Waals surface area contributed by atoms with Crippen LogP contribution in [0.4, 0.5) is 10.1 Å². The van der Waals surface area contributed by atoms with E-state index in [2.05, 4.69) is 5.32 Å². The SMILES string of the molecule is CCOc1ccc(SCC(=O)Nc2cccc(F)c2)cc1. The van der Waals surface area contributed by atoms with Crippen LogP contribution in [0.3, 0.4) is 0 Å². The van der Waals surface area contributed by atoms with Crippen LogP contribution < -0.4 is 10.1 Å². The van der Waals surface area contributed by atoms with Crippen LogP contribution in [0.1, 0.15) is 6.92 Å². The van der Waals surface area contributed by atoms with Gasteiger partial charge < -0.3 is 10.1 Å². The van der Waals surface area contributed by atoms with Crippen molar-refractivity contribution in [1.82, 2.24) is 0 Å². The van der Waals surface area contributed by atoms with Crippen LogP contribution in [0.15, 0.2) is 53.4 Å². The predicted octanol–water partition coefficient (Wildman–Crippen LogP) is 3.96. The summed E-state index contributed by atoms with van der Waals surface area (Å²) in [6.07, 6.45) is 0. The molecule has 1 N–H and O–H groups in total. The fourth-order valence-corrected chi connectivity index (χ4v) is 2.41. The Hall–Kier alpha value is -2.01. The first-order valence-corrected chi connectivity index (χ1v) is 7.57. The van der Waals surface area contributed by atoms with Gasteiger partial charge in [0.25, 0.3) is 0 Å². The molecule has 0 aliphatic rings. The molecule has 0 saturated carbocycles. The van der Waals surface area contributed by atoms with E-state index in [1.54, 1.807) is 12.1 Å². The molecule has 1 amide bonds. The molecule has 5 heteroatoms. The van der Waals surface area contributed by atoms with Crippen LogP contribution in [0, 0.1) is 5.82 Å². The zero-order valence-electron chi connectivity index (χ0n) is 11.6. The van der Waals surface area contributed by atoms with Crippen LogP contribution in [0.5, 0.6) is 5.75 Å². The predicted molar refractivity (Wildman–Crippen MR) is 83.4 cm³/mol. The molecule has 0 fully saturated rings. The van der Waals surface area contributed by atoms with Gasteiger partial charge in [-0.25, -0.2) is 4.39 Å². The van der Waals surface area contributed by atoms with Crippen molar-refractivity contribution in [2.45, 2.75) is 11.8 Å². The Morgan fingerprint density at radius 2 is 2.00 bits per heavy atom. The Kier molecular flexibility index (Phi) is 5.63. The van der Waals surface area contributed by atoms with Crippen LogP contribution in [-0.4, -0.2) is 18.3 Å². The van der Waals surface area contributed by atoms with Gasteiger partial charge in [0, 0.05) is 10.6 Å². The molecule has 0 aromatic heterocycles. The number of halogens is 1. The van der Waals surface area contributed by atoms with Crippen molar-refractivity contribution in [2.75, 3.05) is 17.7 Å². The first-order valence-electron chi connectivity index (χ1n) is 6.58. The lowest BCUT2D eigenvalue weighted by molar-refractivity contribution is -0.113. The Balaban J connectivity index is 1.83. The number of rotatable bonds is 6. The van der Waals surface area contributed by atoms with E-state index in [0.717, 1.165) is 10.6 Å². The third kappa shape index (κ3) is 5.11. The standard InChI is InChI=1S/C16H16FNO2S/c1-2-20-14-6-8-15(9-7-14)21-11-16(19)18-13-5-3-4-12(17)10-13/h3-10H,2,11H2,1H3,(H,18,19). The minimum Gasteiger partial charge on any atom is -0.494 e. The normalized spacial score (nSPS) is 10.2. The zero-order chi connectivity index (χ0) is 15.1. The maximum Gasteiger partial charge on any atom is 0.234 e. The summed E-state index contributed by atoms with van der Waals surface area (Å²) in [5.74, 6) is 0.544. The van der Waals surface area contributed by atoms with Crippen molar-refractivity contribution in [3.8, 4) is 5.75 Å². The molecule has 2 aromatic carbocycles. The van der Waals surface area contributed by atoms with E-state index in [1.807, 2.05) is 31.2 Å². The van der Waals surface area contributed by atoms with Crippen molar-refractivity contribution < 1.29 is 13.9 Å². The van der Waals surface area contributed by atoms with Gasteiger partial charge in [0.1, 0.15) is 11.6 Å². The van der Waals surface area contributed by atoms with Gasteiger partial charge in [-0.15, -0.1) is 11.8 Å². The summed E-state index contributed by atoms with van der Waals surface area (Å²) in [5, 5.41) is 2.66. The van der Waals surface area contributed by atoms with E-state index in [4.69, 9.17) is 4.74 Å². The van der Waals surface area contributed by atoms with E-state index in [9.17, 15) is 9.18 Å². The molecule has 0 radical (unpaired) electrons. The second-order valence-corrected chi connectivity index (χ2v) is 5.30. The molecule has 0 heterocycles. The lowest BCUT2D eigenvalue weighted by atomic mass is 10.3. The molecule has 0 saturated heterocycles. The highest BCUT2D eigenvalue weighted by Crippen LogP contribution is 2.21. The number of carbonyl (C=O) groups is 1. The minimum absolute atomic E-state index is 0.167. The Morgan fingerprint density at radius 3 is 2.67 bits per heavy atom. The smallest absolute Gasteiger partial charge is 0.234 e. The summed E-state index contributed by atoms with van der Waals surface area (Å²) in [7, 11) is 0. The number of benzene rings is 2. The van der Waals surface area contributed by atoms with Gasteiger partial charge in [0.05, 0.1) is 12.4 Å². The highest BCUT2D eigenvalue weighted by molar-refractivity contribution is 8.00. The van der Waals surface area contributed by atoms with Crippen molar-refractivity contribution in [3.05, 3.63) is 54.3 Å². The molecule has 0 unspecified atom stereocenters. The van der Waals surface area contributed by atoms with Gasteiger partial charge in [0.15, 0.2) is 0 Å². The number of anilines is 1. The number of hydrogen-bond acceptors (Lipinski definition) is 3. The van der Waals surface area contributed by atoms with Gasteiger partial charge in [-0.05, 0) is 49.4 Å². The number of amides is 1. The van der Waals surface area contributed by atoms with E-state index in [0.29, 0.717) is 12.3 Å². The third-order valence-electron chi connectivity index (χ3n) is 2.61. The molecule has 2 rings (SSSR count). The van der Waals surface area contributed by atoms with Crippen molar-refractivity contribution >= 4 is 23.4 Å². The average Bonchev–Trinajstić information content (AvgIpc) is 2.47. The van der Waals surface area contributed by atoms with Gasteiger partial charge in [-0.1, -0.05) is 6.07 Å². The molecule has 0 atom stereocenters. The summed E-state index contributed by atoms with van der Waals surface area (Å²) >= 11 is 1.42. The largest absolute Gasteiger partial charge is 0.494 e. The number of hydrogen-bond donors (Lipinski definition) is 1. The first kappa shape index (κ1) is 15.4. The van der Waals surface area contributed by atoms with E-state index in [-0.39, 0.29) is 17.5 Å². The summed E-state index contributed by atoms with van der Waals surface area (Å²) in [5.41, 5.74) is 0.465. The highest BCUT2D eigenvalue weighted by atomic mass is 32.2. The lowest BCUT2D eigenvalue weighted by Gasteiger charge is -2.06. The number of thioether (sulfide) groups is 1. The monoisotopic (exact) mass is 305 g/mol. The van der Waals surface area contributed by atoms with E-state index < -0.39 is 0 Å². The molecular formula is C16H16FNO2S. The molecule has 0 aliphatic carbocycles. The first-order chi connectivity index (χ1) is 10.2. The maximum absolute atomic E-state index is 13.0. The van der Waals surface area contributed by atoms with Crippen LogP contribution >= 0.6 is 11.8 Å². The summed E-state index contributed by atoms with van der Waals surface area (Å²) < 4.78 is 18.4. The molecule has 0 aliphatic heterocycles. The van der Waals surface area contributed by atoms with Gasteiger partial charge in [-0.3, -0.25) is 4.79 Å². The number of carbonyl (C=O) groups excluding carboxylic acids is 1. The topological polar surface area (TPSA) is 38.3 Å². The number of ether oxygens (including phenoxy) is 1. The molecule has 110 valence electrons. The van der Waals surface area contributed by atoms with Crippen LogP contribution in [-0.2, 0) is 4.79 Å². The van der Waals surface area contributed by atoms with E-state index in [1.165, 1.54) is 23.9 Å². The van der Waals surface area contributed by atoms with Gasteiger partial charge >= 0.3 is 0 Å². The average molecular weight is 305 g/mol. The summed E-state index contributed by atoms with van der Waals surface area (Å²) in [6, 6.07) is 13.4. The molecule has 21 heavy (non-hydrogen) atoms. The molecule has 3 nitrogen and oxygen atoms in total. The van der Waals surface area contributed by atoms with Crippen molar-refractivity contribution in [3.63, 3.8) is 0 Å². The maximum atomic E-state index is 13.0. The minimum atomic E-state index is -0.369. The molecule has 2 aromatic rings. The summed E-state index contributed by atoms with van der Waals surface area (Å²) in [4.78, 5) is 12.8. The fraction of sp³-hybridized carbons (Fsp3) is 0.188. The summed E-state index contributed by atoms with van der Waals surface area (Å²) in [6.45, 7) is 2.56. The quantitative estimate of drug-likeness (QED) is 0.821. The Bertz CT molecular complexity index is 601. The fourth-order valence-electron chi connectivity index (χ4n) is 1.71. The molecule has 0 bridgehead atoms. The lowest BCUT2D eigenvalue weighted by Crippen LogP contribution is -2.13. The van der Waals surface area contributed by atoms with Crippen LogP contribution in [0.25, 0.3) is 0 Å². The molecular weight excluding hydrogens is 289 g/mol. The number of nitrogens with one attached hydrogen (secondary N) is 1. The van der Waals surface area contributed by atoms with Crippen molar-refractivity contribution in [1.29, 1.82) is 0 Å². The second kappa shape index (κ2) is 7.69. The van der Waals surface area contributed by atoms with E-state index >= 15 is 0 Å². The highest BCUT2D eigenvalue weighted by Gasteiger charge is 2.04. The Labute approximate surface area is 127 Å². The van der Waals surface area contributed by atoms with Gasteiger partial charge in [0.2, 0.25) is 5.91 Å². The van der Waals surface area contributed by atoms with Crippen molar-refractivity contribution in [2.24, 2.45) is 0 Å². The molecule has 0 spiro atoms. The van der Waals surface area contributed by atoms with Gasteiger partial charge in [-0.2, -0.15) is 0 Å². The van der Waals surface area contributed by atoms with Crippen LogP contribution in [0.2, 0.25) is 0 Å².